The second-order valence-electron chi connectivity index (χ2n) is 11.7. The van der Waals surface area contributed by atoms with E-state index in [-0.39, 0.29) is 51.0 Å². The molecule has 19 heteroatoms. The Morgan fingerprint density at radius 1 is 0.804 bits per heavy atom. The highest BCUT2D eigenvalue weighted by Crippen LogP contribution is 2.45. The van der Waals surface area contributed by atoms with Gasteiger partial charge in [-0.1, -0.05) is 0 Å². The molecule has 0 bridgehead atoms. The molecule has 1 aromatic heterocycles. The Bertz CT molecular complexity index is 1720. The summed E-state index contributed by atoms with van der Waals surface area (Å²) in [5, 5.41) is 93.4. The lowest BCUT2D eigenvalue weighted by molar-refractivity contribution is -0.319. The minimum atomic E-state index is -1.89. The molecular formula is C32H37O19+. The fourth-order valence-electron chi connectivity index (χ4n) is 5.59. The molecule has 2 saturated heterocycles. The molecule has 2 aliphatic heterocycles. The summed E-state index contributed by atoms with van der Waals surface area (Å²) in [6, 6.07) is 6.23. The first kappa shape index (κ1) is 37.5. The van der Waals surface area contributed by atoms with E-state index < -0.39 is 92.1 Å². The Balaban J connectivity index is 1.40. The zero-order chi connectivity index (χ0) is 37.3. The number of hydrogen-bond donors (Lipinski definition) is 9. The van der Waals surface area contributed by atoms with Crippen molar-refractivity contribution in [2.45, 2.75) is 74.8 Å². The van der Waals surface area contributed by atoms with Gasteiger partial charge < -0.3 is 79.1 Å². The molecule has 51 heavy (non-hydrogen) atoms. The third kappa shape index (κ3) is 7.80. The molecule has 0 radical (unpaired) electrons. The van der Waals surface area contributed by atoms with Crippen molar-refractivity contribution >= 4 is 22.9 Å². The Labute approximate surface area is 287 Å². The molecule has 5 rings (SSSR count). The topological polar surface area (TPSA) is 292 Å². The van der Waals surface area contributed by atoms with E-state index in [1.807, 2.05) is 0 Å². The number of benzene rings is 2. The summed E-state index contributed by atoms with van der Waals surface area (Å²) in [6.45, 7) is 0.738. The minimum Gasteiger partial charge on any atom is -0.507 e. The van der Waals surface area contributed by atoms with E-state index in [9.17, 15) is 50.4 Å². The van der Waals surface area contributed by atoms with E-state index in [0.29, 0.717) is 0 Å². The number of esters is 1. The van der Waals surface area contributed by atoms with Crippen molar-refractivity contribution in [1.82, 2.24) is 0 Å². The van der Waals surface area contributed by atoms with Crippen LogP contribution in [0.15, 0.2) is 34.7 Å². The molecule has 0 amide bonds. The third-order valence-corrected chi connectivity index (χ3v) is 8.23. The lowest BCUT2D eigenvalue weighted by Gasteiger charge is -2.43. The van der Waals surface area contributed by atoms with Crippen molar-refractivity contribution in [3.8, 4) is 45.8 Å². The van der Waals surface area contributed by atoms with E-state index in [1.54, 1.807) is 0 Å². The predicted molar refractivity (Wildman–Crippen MR) is 166 cm³/mol. The minimum absolute atomic E-state index is 0.0194. The molecule has 4 unspecified atom stereocenters. The van der Waals surface area contributed by atoms with Crippen LogP contribution in [0.1, 0.15) is 13.3 Å². The van der Waals surface area contributed by atoms with Crippen LogP contribution in [0.2, 0.25) is 0 Å². The van der Waals surface area contributed by atoms with Crippen LogP contribution in [0.5, 0.6) is 34.5 Å². The number of ether oxygens (including phenoxy) is 7. The van der Waals surface area contributed by atoms with Gasteiger partial charge in [-0.2, -0.15) is 0 Å². The summed E-state index contributed by atoms with van der Waals surface area (Å²) in [4.78, 5) is 22.6. The normalized spacial score (nSPS) is 29.3. The van der Waals surface area contributed by atoms with Gasteiger partial charge in [0.05, 0.1) is 38.6 Å². The third-order valence-electron chi connectivity index (χ3n) is 8.23. The first-order valence-electron chi connectivity index (χ1n) is 15.3. The maximum Gasteiger partial charge on any atom is 0.402 e. The van der Waals surface area contributed by atoms with Crippen LogP contribution >= 0.6 is 0 Å². The molecule has 10 atom stereocenters. The zero-order valence-electron chi connectivity index (χ0n) is 27.2. The van der Waals surface area contributed by atoms with Gasteiger partial charge >= 0.3 is 23.3 Å². The molecule has 19 nitrogen and oxygen atoms in total. The number of carbonyl (C=O) groups excluding carboxylic acids is 1. The summed E-state index contributed by atoms with van der Waals surface area (Å²) in [5.41, 5.74) is 0.157. The van der Waals surface area contributed by atoms with Gasteiger partial charge in [0.15, 0.2) is 23.9 Å². The van der Waals surface area contributed by atoms with Gasteiger partial charge in [-0.15, -0.1) is 0 Å². The first-order chi connectivity index (χ1) is 24.1. The average molecular weight is 726 g/mol. The number of aliphatic hydroxyl groups excluding tert-OH is 5. The van der Waals surface area contributed by atoms with Crippen LogP contribution in [-0.4, -0.2) is 140 Å². The number of aliphatic carboxylic acids is 1. The molecule has 3 aromatic rings. The van der Waals surface area contributed by atoms with E-state index in [4.69, 9.17) is 42.7 Å². The first-order valence-corrected chi connectivity index (χ1v) is 15.3. The smallest absolute Gasteiger partial charge is 0.402 e. The predicted octanol–water partition coefficient (Wildman–Crippen LogP) is -0.429. The van der Waals surface area contributed by atoms with Crippen LogP contribution in [0.3, 0.4) is 0 Å². The van der Waals surface area contributed by atoms with Crippen molar-refractivity contribution in [2.75, 3.05) is 20.8 Å². The van der Waals surface area contributed by atoms with Gasteiger partial charge in [-0.3, -0.25) is 9.59 Å². The van der Waals surface area contributed by atoms with Gasteiger partial charge in [0.25, 0.3) is 0 Å². The van der Waals surface area contributed by atoms with Gasteiger partial charge in [0.2, 0.25) is 17.8 Å². The van der Waals surface area contributed by atoms with Crippen molar-refractivity contribution in [2.24, 2.45) is 0 Å². The van der Waals surface area contributed by atoms with Crippen LogP contribution in [0, 0.1) is 0 Å². The number of methoxy groups -OCH3 is 2. The summed E-state index contributed by atoms with van der Waals surface area (Å²) in [5.74, 6) is -4.13. The summed E-state index contributed by atoms with van der Waals surface area (Å²) >= 11 is 0. The molecule has 0 saturated carbocycles. The molecule has 2 aliphatic rings. The summed E-state index contributed by atoms with van der Waals surface area (Å²) < 4.78 is 44.3. The number of carboxylic acids is 1. The molecule has 0 spiro atoms. The van der Waals surface area contributed by atoms with E-state index in [1.165, 1.54) is 45.4 Å². The molecule has 0 aliphatic carbocycles. The highest BCUT2D eigenvalue weighted by molar-refractivity contribution is 5.90. The van der Waals surface area contributed by atoms with Crippen molar-refractivity contribution in [3.63, 3.8) is 0 Å². The number of rotatable bonds is 11. The summed E-state index contributed by atoms with van der Waals surface area (Å²) in [6.07, 6.45) is -17.5. The number of phenols is 3. The highest BCUT2D eigenvalue weighted by atomic mass is 16.7. The largest absolute Gasteiger partial charge is 0.507 e. The molecule has 2 fully saturated rings. The Morgan fingerprint density at radius 2 is 1.45 bits per heavy atom. The second-order valence-corrected chi connectivity index (χ2v) is 11.7. The number of fused-ring (bicyclic) bond motifs is 1. The Hall–Kier alpha value is -4.73. The lowest BCUT2D eigenvalue weighted by atomic mass is 9.98. The lowest BCUT2D eigenvalue weighted by Crippen LogP contribution is -2.62. The zero-order valence-corrected chi connectivity index (χ0v) is 27.2. The monoisotopic (exact) mass is 725 g/mol. The Kier molecular flexibility index (Phi) is 11.2. The number of aliphatic hydroxyl groups is 5. The molecule has 3 heterocycles. The number of carboxylic acid groups (broad SMARTS) is 1. The molecule has 9 N–H and O–H groups in total. The van der Waals surface area contributed by atoms with E-state index >= 15 is 0 Å². The van der Waals surface area contributed by atoms with E-state index in [0.717, 1.165) is 6.07 Å². The SMILES string of the molecule is COc1cc(-c2[o+]c3cc(O)cc(O)c3cc2O[C@@H]2O[C@H](CO[C@@H]3OC(C)[C@H](OC(=O)CC(=O)O)C(O)[C@@H]3O)[C@@H](O)C(O)C2O)cc(OC)c1O. The van der Waals surface area contributed by atoms with Gasteiger partial charge in [0, 0.05) is 24.3 Å². The summed E-state index contributed by atoms with van der Waals surface area (Å²) in [7, 11) is 2.58. The quantitative estimate of drug-likeness (QED) is 0.0688. The van der Waals surface area contributed by atoms with Gasteiger partial charge in [-0.05, 0) is 6.92 Å². The molecule has 278 valence electrons. The fourth-order valence-corrected chi connectivity index (χ4v) is 5.59. The maximum atomic E-state index is 11.8. The van der Waals surface area contributed by atoms with Crippen molar-refractivity contribution in [1.29, 1.82) is 0 Å². The van der Waals surface area contributed by atoms with Gasteiger partial charge in [0.1, 0.15) is 59.9 Å². The van der Waals surface area contributed by atoms with E-state index in [2.05, 4.69) is 0 Å². The maximum absolute atomic E-state index is 11.8. The number of carbonyl (C=O) groups is 2. The Morgan fingerprint density at radius 3 is 2.08 bits per heavy atom. The fraction of sp³-hybridized carbons (Fsp3) is 0.469. The number of aromatic hydroxyl groups is 3. The highest BCUT2D eigenvalue weighted by Gasteiger charge is 2.49. The van der Waals surface area contributed by atoms with Crippen molar-refractivity contribution in [3.05, 3.63) is 30.3 Å². The van der Waals surface area contributed by atoms with Crippen LogP contribution < -0.4 is 14.2 Å². The van der Waals surface area contributed by atoms with Gasteiger partial charge in [-0.25, -0.2) is 4.42 Å². The standard InChI is InChI=1S/C32H36O19/c1-11-29(51-22(37)9-21(35)36)26(41)28(43)31(47-11)46-10-20-24(39)25(40)27(42)32(50-20)49-19-8-14-15(34)6-13(33)7-16(14)48-30(19)12-4-17(44-2)23(38)18(5-12)45-3/h4-8,11,20,24-29,31-32,39-43H,9-10H2,1-3H3,(H3-,33,34,35,36,38)/p+1/t11?,20-,24-,25?,26?,27?,28+,29+,31-,32-/m1/s1. The number of hydrogen-bond acceptors (Lipinski definition) is 17. The molecular weight excluding hydrogens is 688 g/mol. The van der Waals surface area contributed by atoms with Crippen LogP contribution in [0.4, 0.5) is 0 Å². The van der Waals surface area contributed by atoms with Crippen molar-refractivity contribution < 1.29 is 93.1 Å². The second kappa shape index (κ2) is 15.3. The van der Waals surface area contributed by atoms with Crippen LogP contribution in [0.25, 0.3) is 22.3 Å². The van der Waals surface area contributed by atoms with Crippen LogP contribution in [-0.2, 0) is 28.5 Å². The molecule has 2 aromatic carbocycles. The average Bonchev–Trinajstić information content (AvgIpc) is 3.08. The number of phenolic OH excluding ortho intramolecular Hbond substituents is 3.